The van der Waals surface area contributed by atoms with Gasteiger partial charge in [-0.1, -0.05) is 13.8 Å². The predicted molar refractivity (Wildman–Crippen MR) is 73.3 cm³/mol. The van der Waals surface area contributed by atoms with Gasteiger partial charge in [-0.25, -0.2) is 0 Å². The van der Waals surface area contributed by atoms with E-state index in [9.17, 15) is 5.11 Å². The van der Waals surface area contributed by atoms with E-state index in [-0.39, 0.29) is 6.10 Å². The van der Waals surface area contributed by atoms with Crippen molar-refractivity contribution in [3.8, 4) is 0 Å². The minimum atomic E-state index is -0.0357. The molecule has 0 aromatic rings. The summed E-state index contributed by atoms with van der Waals surface area (Å²) in [6, 6.07) is 0.486. The lowest BCUT2D eigenvalue weighted by molar-refractivity contribution is 0.0442. The van der Waals surface area contributed by atoms with Crippen LogP contribution >= 0.6 is 12.6 Å². The summed E-state index contributed by atoms with van der Waals surface area (Å²) in [6.45, 7) is 6.96. The fraction of sp³-hybridized carbons (Fsp3) is 1.00. The number of rotatable bonds is 4. The predicted octanol–water partition coefficient (Wildman–Crippen LogP) is 1.89. The Kier molecular flexibility index (Phi) is 3.21. The van der Waals surface area contributed by atoms with Crippen LogP contribution < -0.4 is 0 Å². The molecule has 3 rings (SSSR count). The van der Waals surface area contributed by atoms with Crippen LogP contribution in [-0.2, 0) is 0 Å². The lowest BCUT2D eigenvalue weighted by Crippen LogP contribution is -2.43. The summed E-state index contributed by atoms with van der Waals surface area (Å²) in [6.07, 6.45) is 2.54. The average molecular weight is 255 g/mol. The second-order valence-corrected chi connectivity index (χ2v) is 7.14. The normalized spacial score (nSPS) is 46.1. The van der Waals surface area contributed by atoms with Gasteiger partial charge in [-0.05, 0) is 48.2 Å². The van der Waals surface area contributed by atoms with Gasteiger partial charge in [0.2, 0.25) is 0 Å². The number of likely N-dealkylation sites (tertiary alicyclic amines) is 1. The van der Waals surface area contributed by atoms with Gasteiger partial charge in [0.05, 0.1) is 6.10 Å². The molecule has 1 N–H and O–H groups in total. The maximum absolute atomic E-state index is 10.3. The molecule has 2 bridgehead atoms. The quantitative estimate of drug-likeness (QED) is 0.750. The van der Waals surface area contributed by atoms with Gasteiger partial charge in [-0.15, -0.1) is 0 Å². The lowest BCUT2D eigenvalue weighted by atomic mass is 9.88. The summed E-state index contributed by atoms with van der Waals surface area (Å²) in [4.78, 5) is 2.59. The van der Waals surface area contributed by atoms with Crippen molar-refractivity contribution in [2.45, 2.75) is 38.8 Å². The van der Waals surface area contributed by atoms with Crippen LogP contribution in [0, 0.1) is 29.6 Å². The molecule has 0 aromatic carbocycles. The molecule has 6 atom stereocenters. The van der Waals surface area contributed by atoms with Gasteiger partial charge in [0, 0.05) is 19.1 Å². The van der Waals surface area contributed by atoms with Gasteiger partial charge in [-0.3, -0.25) is 4.90 Å². The second-order valence-electron chi connectivity index (χ2n) is 6.78. The van der Waals surface area contributed by atoms with Gasteiger partial charge in [0.1, 0.15) is 0 Å². The van der Waals surface area contributed by atoms with Gasteiger partial charge in [-0.2, -0.15) is 12.6 Å². The molecule has 3 aliphatic rings. The molecule has 1 saturated heterocycles. The second kappa shape index (κ2) is 4.43. The Morgan fingerprint density at radius 3 is 2.65 bits per heavy atom. The van der Waals surface area contributed by atoms with E-state index in [0.717, 1.165) is 24.1 Å². The van der Waals surface area contributed by atoms with Crippen LogP contribution in [0.25, 0.3) is 0 Å². The van der Waals surface area contributed by atoms with E-state index in [1.807, 2.05) is 0 Å². The van der Waals surface area contributed by atoms with Crippen molar-refractivity contribution in [3.63, 3.8) is 0 Å². The number of aliphatic hydroxyl groups is 1. The van der Waals surface area contributed by atoms with E-state index in [0.29, 0.717) is 23.8 Å². The summed E-state index contributed by atoms with van der Waals surface area (Å²) >= 11 is 4.49. The average Bonchev–Trinajstić information content (AvgIpc) is 2.86. The summed E-state index contributed by atoms with van der Waals surface area (Å²) in [5, 5.41) is 10.3. The number of nitrogens with zero attached hydrogens (tertiary/aromatic N) is 1. The third-order valence-corrected chi connectivity index (χ3v) is 6.06. The largest absolute Gasteiger partial charge is 0.391 e. The fourth-order valence-corrected chi connectivity index (χ4v) is 5.06. The number of thiol groups is 1. The molecule has 3 heteroatoms. The lowest BCUT2D eigenvalue weighted by Gasteiger charge is -2.32. The van der Waals surface area contributed by atoms with Gasteiger partial charge in [0.25, 0.3) is 0 Å². The molecule has 0 radical (unpaired) electrons. The van der Waals surface area contributed by atoms with Crippen LogP contribution in [0.5, 0.6) is 0 Å². The summed E-state index contributed by atoms with van der Waals surface area (Å²) in [7, 11) is 0. The molecule has 2 nitrogen and oxygen atoms in total. The van der Waals surface area contributed by atoms with Crippen molar-refractivity contribution in [3.05, 3.63) is 0 Å². The van der Waals surface area contributed by atoms with Gasteiger partial charge >= 0.3 is 0 Å². The van der Waals surface area contributed by atoms with E-state index in [1.165, 1.54) is 19.4 Å². The first-order valence-corrected chi connectivity index (χ1v) is 7.78. The molecule has 2 saturated carbocycles. The Labute approximate surface area is 110 Å². The first kappa shape index (κ1) is 12.3. The number of fused-ring (bicyclic) bond motifs is 1. The summed E-state index contributed by atoms with van der Waals surface area (Å²) < 4.78 is 0. The van der Waals surface area contributed by atoms with Crippen LogP contribution in [0.2, 0.25) is 0 Å². The Morgan fingerprint density at radius 2 is 2.06 bits per heavy atom. The molecule has 3 fully saturated rings. The van der Waals surface area contributed by atoms with Crippen LogP contribution in [0.1, 0.15) is 26.7 Å². The number of aliphatic hydroxyl groups excluding tert-OH is 1. The maximum atomic E-state index is 10.3. The van der Waals surface area contributed by atoms with E-state index < -0.39 is 0 Å². The van der Waals surface area contributed by atoms with Crippen LogP contribution in [0.4, 0.5) is 0 Å². The van der Waals surface area contributed by atoms with E-state index in [2.05, 4.69) is 31.4 Å². The molecular formula is C14H25NOS. The molecule has 0 spiro atoms. The smallest absolute Gasteiger partial charge is 0.0726 e. The zero-order valence-corrected chi connectivity index (χ0v) is 11.8. The van der Waals surface area contributed by atoms with Crippen molar-refractivity contribution < 1.29 is 5.11 Å². The first-order chi connectivity index (χ1) is 8.11. The number of hydrogen-bond acceptors (Lipinski definition) is 3. The highest BCUT2D eigenvalue weighted by molar-refractivity contribution is 7.80. The Morgan fingerprint density at radius 1 is 1.29 bits per heavy atom. The molecule has 98 valence electrons. The highest BCUT2D eigenvalue weighted by Gasteiger charge is 2.58. The van der Waals surface area contributed by atoms with Crippen molar-refractivity contribution in [2.24, 2.45) is 29.6 Å². The standard InChI is InChI=1S/C14H25NOS/c1-8(2)11(7-17)6-15-5-10-3-9-4-12(10)13(15)14(9)16/h8-14,16-17H,3-7H2,1-2H3. The minimum Gasteiger partial charge on any atom is -0.391 e. The van der Waals surface area contributed by atoms with Gasteiger partial charge in [0.15, 0.2) is 0 Å². The molecule has 0 amide bonds. The zero-order chi connectivity index (χ0) is 12.2. The van der Waals surface area contributed by atoms with Crippen molar-refractivity contribution >= 4 is 12.6 Å². The van der Waals surface area contributed by atoms with Crippen molar-refractivity contribution in [2.75, 3.05) is 18.8 Å². The third kappa shape index (κ3) is 1.85. The fourth-order valence-electron chi connectivity index (χ4n) is 4.53. The number of hydrogen-bond donors (Lipinski definition) is 2. The van der Waals surface area contributed by atoms with Crippen LogP contribution in [0.3, 0.4) is 0 Å². The molecule has 1 aliphatic heterocycles. The topological polar surface area (TPSA) is 23.5 Å². The molecule has 17 heavy (non-hydrogen) atoms. The molecule has 0 aromatic heterocycles. The van der Waals surface area contributed by atoms with E-state index >= 15 is 0 Å². The first-order valence-electron chi connectivity index (χ1n) is 7.14. The monoisotopic (exact) mass is 255 g/mol. The van der Waals surface area contributed by atoms with Crippen molar-refractivity contribution in [1.29, 1.82) is 0 Å². The van der Waals surface area contributed by atoms with Gasteiger partial charge < -0.3 is 5.11 Å². The minimum absolute atomic E-state index is 0.0357. The Hall–Kier alpha value is 0.270. The van der Waals surface area contributed by atoms with E-state index in [4.69, 9.17) is 0 Å². The van der Waals surface area contributed by atoms with Crippen LogP contribution in [0.15, 0.2) is 0 Å². The third-order valence-electron chi connectivity index (χ3n) is 5.59. The molecular weight excluding hydrogens is 230 g/mol. The van der Waals surface area contributed by atoms with E-state index in [1.54, 1.807) is 0 Å². The van der Waals surface area contributed by atoms with Crippen LogP contribution in [-0.4, -0.2) is 41.0 Å². The Balaban J connectivity index is 1.69. The maximum Gasteiger partial charge on any atom is 0.0726 e. The molecule has 2 aliphatic carbocycles. The zero-order valence-electron chi connectivity index (χ0n) is 10.9. The van der Waals surface area contributed by atoms with Crippen molar-refractivity contribution in [1.82, 2.24) is 4.90 Å². The highest BCUT2D eigenvalue weighted by Crippen LogP contribution is 2.55. The summed E-state index contributed by atoms with van der Waals surface area (Å²) in [5.74, 6) is 4.65. The SMILES string of the molecule is CC(C)C(CS)CN1CC2CC3CC2C1C3O. The summed E-state index contributed by atoms with van der Waals surface area (Å²) in [5.41, 5.74) is 0. The molecule has 6 unspecified atom stereocenters. The molecule has 1 heterocycles. The Bertz CT molecular complexity index is 294. The highest BCUT2D eigenvalue weighted by atomic mass is 32.1.